The van der Waals surface area contributed by atoms with Crippen LogP contribution in [0, 0.1) is 0 Å². The predicted molar refractivity (Wildman–Crippen MR) is 440 cm³/mol. The van der Waals surface area contributed by atoms with Gasteiger partial charge in [-0.25, -0.2) is 4.79 Å². The Labute approximate surface area is 677 Å². The van der Waals surface area contributed by atoms with Crippen molar-refractivity contribution in [1.82, 2.24) is 10.6 Å². The summed E-state index contributed by atoms with van der Waals surface area (Å²) in [6, 6.07) is -2.53. The van der Waals surface area contributed by atoms with Crippen LogP contribution < -0.4 is 10.6 Å². The molecule has 660 valence electrons. The molecule has 23 heteroatoms. The number of carbonyl (C=O) groups is 3. The van der Waals surface area contributed by atoms with Gasteiger partial charge in [0.2, 0.25) is 11.8 Å². The van der Waals surface area contributed by atoms with E-state index in [0.29, 0.717) is 19.3 Å². The van der Waals surface area contributed by atoms with Gasteiger partial charge >= 0.3 is 5.97 Å². The summed E-state index contributed by atoms with van der Waals surface area (Å²) in [5.74, 6) is -6.09. The lowest BCUT2D eigenvalue weighted by Crippen LogP contribution is -2.70. The van der Waals surface area contributed by atoms with Crippen molar-refractivity contribution in [2.75, 3.05) is 26.4 Å². The number of unbranched alkanes of at least 4 members (excludes halogenated alkanes) is 53. The Balaban J connectivity index is 1.43. The van der Waals surface area contributed by atoms with E-state index in [0.717, 1.165) is 58.3 Å². The predicted octanol–water partition coefficient (Wildman–Crippen LogP) is 14.9. The van der Waals surface area contributed by atoms with Crippen LogP contribution in [0.5, 0.6) is 0 Å². The first-order valence-electron chi connectivity index (χ1n) is 46.0. The van der Waals surface area contributed by atoms with Gasteiger partial charge < -0.3 is 100 Å². The molecule has 18 unspecified atom stereocenters. The van der Waals surface area contributed by atoms with Crippen LogP contribution in [0.2, 0.25) is 0 Å². The second-order valence-corrected chi connectivity index (χ2v) is 33.5. The number of aliphatic hydroxyl groups is 11. The highest BCUT2D eigenvalue weighted by atomic mass is 16.8. The van der Waals surface area contributed by atoms with E-state index >= 15 is 0 Å². The smallest absolute Gasteiger partial charge is 0.364 e. The van der Waals surface area contributed by atoms with Crippen molar-refractivity contribution in [2.24, 2.45) is 0 Å². The molecule has 3 rings (SSSR count). The quantitative estimate of drug-likeness (QED) is 0.0199. The molecule has 3 fully saturated rings. The van der Waals surface area contributed by atoms with E-state index in [1.807, 2.05) is 0 Å². The third-order valence-corrected chi connectivity index (χ3v) is 23.5. The summed E-state index contributed by atoms with van der Waals surface area (Å²) in [6.45, 7) is 2.29. The van der Waals surface area contributed by atoms with Gasteiger partial charge in [0, 0.05) is 19.8 Å². The fraction of sp³-hybridized carbons (Fsp3) is 0.944. The zero-order chi connectivity index (χ0) is 81.7. The SMILES string of the molecule is CCCCCCCCCCCCCCCC/C=C\CCCCCCCCCCCCCCCCCCCC(=O)NC(COC1OC(CO)C(OC2OC(CO)C(O)C(OC3(C(=O)O)CC(O)C(NC(C)=O)C(C(O)C(O)CO)O3)C2O)C(O)C1O)C(O)CCCCCCCCCCCCCCCCCCCCCCCCC. The molecule has 3 aliphatic rings. The van der Waals surface area contributed by atoms with Gasteiger partial charge in [-0.2, -0.15) is 0 Å². The van der Waals surface area contributed by atoms with Gasteiger partial charge in [-0.3, -0.25) is 9.59 Å². The summed E-state index contributed by atoms with van der Waals surface area (Å²) in [6.07, 6.45) is 47.9. The molecule has 0 radical (unpaired) electrons. The van der Waals surface area contributed by atoms with Gasteiger partial charge in [0.05, 0.1) is 50.7 Å². The summed E-state index contributed by atoms with van der Waals surface area (Å²) in [5, 5.41) is 137. The van der Waals surface area contributed by atoms with E-state index in [1.165, 1.54) is 295 Å². The minimum absolute atomic E-state index is 0.228. The average Bonchev–Trinajstić information content (AvgIpc) is 0.756. The molecule has 0 saturated carbocycles. The molecule has 3 heterocycles. The molecule has 14 N–H and O–H groups in total. The molecular weight excluding hydrogens is 1430 g/mol. The van der Waals surface area contributed by atoms with Crippen LogP contribution in [0.3, 0.4) is 0 Å². The Bertz CT molecular complexity index is 2260. The van der Waals surface area contributed by atoms with Crippen molar-refractivity contribution in [1.29, 1.82) is 0 Å². The van der Waals surface area contributed by atoms with Crippen LogP contribution in [0.15, 0.2) is 12.2 Å². The minimum atomic E-state index is -3.08. The lowest BCUT2D eigenvalue weighted by Gasteiger charge is -2.50. The highest BCUT2D eigenvalue weighted by molar-refractivity contribution is 5.77. The topological polar surface area (TPSA) is 373 Å². The summed E-state index contributed by atoms with van der Waals surface area (Å²) in [5.41, 5.74) is 0. The number of rotatable bonds is 75. The fourth-order valence-electron chi connectivity index (χ4n) is 16.2. The number of amides is 2. The summed E-state index contributed by atoms with van der Waals surface area (Å²) in [7, 11) is 0. The normalized spacial score (nSPS) is 25.4. The van der Waals surface area contributed by atoms with Crippen LogP contribution >= 0.6 is 0 Å². The van der Waals surface area contributed by atoms with Crippen LogP contribution in [0.25, 0.3) is 0 Å². The van der Waals surface area contributed by atoms with Crippen LogP contribution in [0.4, 0.5) is 0 Å². The van der Waals surface area contributed by atoms with Gasteiger partial charge in [0.1, 0.15) is 67.1 Å². The van der Waals surface area contributed by atoms with E-state index in [9.17, 15) is 75.7 Å². The average molecular weight is 1600 g/mol. The Morgan fingerprint density at radius 1 is 0.455 bits per heavy atom. The molecule has 3 aliphatic heterocycles. The number of carboxylic acids is 1. The Kier molecular flexibility index (Phi) is 62.3. The second-order valence-electron chi connectivity index (χ2n) is 33.5. The summed E-state index contributed by atoms with van der Waals surface area (Å²) >= 11 is 0. The molecule has 0 aromatic heterocycles. The highest BCUT2D eigenvalue weighted by Gasteiger charge is 2.60. The molecule has 0 bridgehead atoms. The number of hydrogen-bond donors (Lipinski definition) is 14. The monoisotopic (exact) mass is 1600 g/mol. The third-order valence-electron chi connectivity index (χ3n) is 23.5. The van der Waals surface area contributed by atoms with Crippen molar-refractivity contribution in [3.63, 3.8) is 0 Å². The number of allylic oxidation sites excluding steroid dienone is 2. The summed E-state index contributed by atoms with van der Waals surface area (Å²) < 4.78 is 35.1. The maximum atomic E-state index is 13.6. The third kappa shape index (κ3) is 45.6. The van der Waals surface area contributed by atoms with E-state index in [-0.39, 0.29) is 18.9 Å². The molecule has 0 aromatic rings. The molecule has 0 spiro atoms. The first-order chi connectivity index (χ1) is 54.4. The Morgan fingerprint density at radius 2 is 0.830 bits per heavy atom. The van der Waals surface area contributed by atoms with Gasteiger partial charge in [-0.1, -0.05) is 353 Å². The van der Waals surface area contributed by atoms with E-state index in [2.05, 4.69) is 36.6 Å². The Hall–Kier alpha value is -2.53. The standard InChI is InChI=1S/C89H168N2O21/c1-4-6-8-10-12-14-16-18-20-22-24-26-28-29-30-31-32-33-34-35-36-37-38-39-41-43-45-47-49-51-53-55-57-59-61-63-76(99)91-70(71(96)62-60-58-56-54-52-50-48-46-44-42-40-27-25-23-21-19-17-15-13-11-9-7-5-2)68-107-86-81(103)80(102)83(75(67-94)109-86)110-87-82(104)85(79(101)74(66-93)108-87)112-89(88(105)106)64-72(97)77(90-69(3)95)84(111-89)78(100)73(98)65-92/h31-32,70-75,77-87,92-94,96-98,100-104H,4-30,33-68H2,1-3H3,(H,90,95)(H,91,99)(H,105,106)/b32-31-. The number of aliphatic carboxylic acids is 1. The lowest BCUT2D eigenvalue weighted by molar-refractivity contribution is -0.386. The molecule has 112 heavy (non-hydrogen) atoms. The maximum absolute atomic E-state index is 13.6. The van der Waals surface area contributed by atoms with Gasteiger partial charge in [-0.05, 0) is 38.5 Å². The van der Waals surface area contributed by atoms with Crippen molar-refractivity contribution >= 4 is 17.8 Å². The molecule has 0 aliphatic carbocycles. The van der Waals surface area contributed by atoms with Gasteiger partial charge in [0.25, 0.3) is 5.79 Å². The van der Waals surface area contributed by atoms with Crippen molar-refractivity contribution in [3.8, 4) is 0 Å². The Morgan fingerprint density at radius 3 is 1.21 bits per heavy atom. The number of hydrogen-bond acceptors (Lipinski definition) is 20. The van der Waals surface area contributed by atoms with Crippen LogP contribution in [0.1, 0.15) is 400 Å². The second kappa shape index (κ2) is 67.3. The number of ether oxygens (including phenoxy) is 6. The van der Waals surface area contributed by atoms with Crippen LogP contribution in [-0.2, 0) is 42.8 Å². The zero-order valence-electron chi connectivity index (χ0n) is 70.6. The molecule has 3 saturated heterocycles. The zero-order valence-corrected chi connectivity index (χ0v) is 70.6. The first kappa shape index (κ1) is 104. The number of nitrogens with one attached hydrogen (secondary N) is 2. The van der Waals surface area contributed by atoms with Gasteiger partial charge in [0.15, 0.2) is 12.6 Å². The van der Waals surface area contributed by atoms with E-state index < -0.39 is 148 Å². The highest BCUT2D eigenvalue weighted by Crippen LogP contribution is 2.39. The molecule has 23 nitrogen and oxygen atoms in total. The lowest BCUT2D eigenvalue weighted by atomic mass is 9.88. The van der Waals surface area contributed by atoms with Crippen LogP contribution in [-0.4, -0.2) is 215 Å². The summed E-state index contributed by atoms with van der Waals surface area (Å²) in [4.78, 5) is 38.8. The fourth-order valence-corrected chi connectivity index (χ4v) is 16.2. The maximum Gasteiger partial charge on any atom is 0.364 e. The number of carboxylic acid groups (broad SMARTS) is 1. The molecule has 18 atom stereocenters. The molecule has 2 amide bonds. The van der Waals surface area contributed by atoms with Crippen molar-refractivity contribution in [3.05, 3.63) is 12.2 Å². The van der Waals surface area contributed by atoms with E-state index in [1.54, 1.807) is 0 Å². The number of carbonyl (C=O) groups excluding carboxylic acids is 2. The molecule has 0 aromatic carbocycles. The minimum Gasteiger partial charge on any atom is -0.477 e. The van der Waals surface area contributed by atoms with E-state index in [4.69, 9.17) is 28.4 Å². The van der Waals surface area contributed by atoms with Gasteiger partial charge in [-0.15, -0.1) is 0 Å². The number of aliphatic hydroxyl groups excluding tert-OH is 11. The first-order valence-corrected chi connectivity index (χ1v) is 46.0. The van der Waals surface area contributed by atoms with Crippen molar-refractivity contribution in [2.45, 2.75) is 509 Å². The largest absolute Gasteiger partial charge is 0.477 e. The molecular formula is C89H168N2O21. The van der Waals surface area contributed by atoms with Crippen molar-refractivity contribution < 1.29 is 104 Å².